The Hall–Kier alpha value is -1.88. The average Bonchev–Trinajstić information content (AvgIpc) is 2.39. The number of carbonyl (C=O) groups excluding carboxylic acids is 2. The second-order valence-electron chi connectivity index (χ2n) is 6.13. The molecule has 0 aromatic heterocycles. The number of carbonyl (C=O) groups is 2. The molecule has 5 nitrogen and oxygen atoms in total. The summed E-state index contributed by atoms with van der Waals surface area (Å²) in [6.45, 7) is 1.95. The van der Waals surface area contributed by atoms with E-state index in [1.165, 1.54) is 0 Å². The molecule has 2 unspecified atom stereocenters. The van der Waals surface area contributed by atoms with Crippen LogP contribution in [0.2, 0.25) is 0 Å². The molecule has 2 amide bonds. The summed E-state index contributed by atoms with van der Waals surface area (Å²) < 4.78 is 0. The highest BCUT2D eigenvalue weighted by atomic mass is 16.2. The fraction of sp³-hybridized carbons (Fsp3) is 0.500. The average molecular weight is 289 g/mol. The monoisotopic (exact) mass is 289 g/mol. The number of amides is 2. The zero-order valence-corrected chi connectivity index (χ0v) is 12.4. The Bertz CT molecular complexity index is 523. The van der Waals surface area contributed by atoms with E-state index in [4.69, 9.17) is 11.5 Å². The summed E-state index contributed by atoms with van der Waals surface area (Å²) >= 11 is 0. The number of hydrogen-bond acceptors (Lipinski definition) is 3. The van der Waals surface area contributed by atoms with E-state index >= 15 is 0 Å². The molecule has 0 radical (unpaired) electrons. The van der Waals surface area contributed by atoms with E-state index in [1.54, 1.807) is 24.3 Å². The molecule has 1 aliphatic rings. The smallest absolute Gasteiger partial charge is 0.229 e. The summed E-state index contributed by atoms with van der Waals surface area (Å²) in [5.74, 6) is -0.549. The molecular weight excluding hydrogens is 266 g/mol. The molecule has 0 spiro atoms. The predicted octanol–water partition coefficient (Wildman–Crippen LogP) is 1.56. The highest BCUT2D eigenvalue weighted by Gasteiger charge is 2.37. The van der Waals surface area contributed by atoms with Crippen LogP contribution >= 0.6 is 0 Å². The SMILES string of the molecule is CC1(N)CCCCC1C(=O)Nc1ccc(CC(N)=O)cc1. The summed E-state index contributed by atoms with van der Waals surface area (Å²) in [5, 5.41) is 2.91. The lowest BCUT2D eigenvalue weighted by Crippen LogP contribution is -2.51. The standard InChI is InChI=1S/C16H23N3O2/c1-16(18)9-3-2-4-13(16)15(21)19-12-7-5-11(6-8-12)10-14(17)20/h5-8,13H,2-4,9-10,18H2,1H3,(H2,17,20)(H,19,21). The molecule has 114 valence electrons. The third-order valence-electron chi connectivity index (χ3n) is 4.17. The van der Waals surface area contributed by atoms with Crippen LogP contribution in [0.15, 0.2) is 24.3 Å². The highest BCUT2D eigenvalue weighted by molar-refractivity contribution is 5.93. The van der Waals surface area contributed by atoms with Gasteiger partial charge < -0.3 is 16.8 Å². The van der Waals surface area contributed by atoms with Gasteiger partial charge in [0.05, 0.1) is 12.3 Å². The molecule has 0 heterocycles. The first-order chi connectivity index (χ1) is 9.88. The Morgan fingerprint density at radius 2 is 1.95 bits per heavy atom. The maximum Gasteiger partial charge on any atom is 0.229 e. The molecule has 1 fully saturated rings. The third-order valence-corrected chi connectivity index (χ3v) is 4.17. The van der Waals surface area contributed by atoms with Crippen molar-refractivity contribution in [1.82, 2.24) is 0 Å². The first-order valence-electron chi connectivity index (χ1n) is 7.35. The molecule has 1 aromatic rings. The molecule has 0 bridgehead atoms. The van der Waals surface area contributed by atoms with Gasteiger partial charge in [-0.2, -0.15) is 0 Å². The molecular formula is C16H23N3O2. The summed E-state index contributed by atoms with van der Waals surface area (Å²) in [7, 11) is 0. The molecule has 1 aliphatic carbocycles. The quantitative estimate of drug-likeness (QED) is 0.784. The van der Waals surface area contributed by atoms with Crippen LogP contribution in [0.25, 0.3) is 0 Å². The van der Waals surface area contributed by atoms with Gasteiger partial charge in [-0.05, 0) is 37.5 Å². The van der Waals surface area contributed by atoms with Crippen molar-refractivity contribution in [2.24, 2.45) is 17.4 Å². The second kappa shape index (κ2) is 6.26. The zero-order chi connectivity index (χ0) is 15.5. The van der Waals surface area contributed by atoms with Gasteiger partial charge in [0.25, 0.3) is 0 Å². The van der Waals surface area contributed by atoms with Gasteiger partial charge in [-0.3, -0.25) is 9.59 Å². The van der Waals surface area contributed by atoms with Gasteiger partial charge >= 0.3 is 0 Å². The molecule has 0 saturated heterocycles. The van der Waals surface area contributed by atoms with Crippen LogP contribution in [0.3, 0.4) is 0 Å². The number of anilines is 1. The van der Waals surface area contributed by atoms with E-state index in [9.17, 15) is 9.59 Å². The number of primary amides is 1. The van der Waals surface area contributed by atoms with Gasteiger partial charge in [0.1, 0.15) is 0 Å². The van der Waals surface area contributed by atoms with Crippen molar-refractivity contribution in [3.8, 4) is 0 Å². The number of hydrogen-bond donors (Lipinski definition) is 3. The Kier molecular flexibility index (Phi) is 4.63. The van der Waals surface area contributed by atoms with Crippen molar-refractivity contribution >= 4 is 17.5 Å². The molecule has 21 heavy (non-hydrogen) atoms. The lowest BCUT2D eigenvalue weighted by Gasteiger charge is -2.37. The number of benzene rings is 1. The van der Waals surface area contributed by atoms with Crippen molar-refractivity contribution in [2.75, 3.05) is 5.32 Å². The van der Waals surface area contributed by atoms with Crippen LogP contribution in [0.4, 0.5) is 5.69 Å². The first kappa shape index (κ1) is 15.5. The number of nitrogens with one attached hydrogen (secondary N) is 1. The fourth-order valence-electron chi connectivity index (χ4n) is 2.93. The lowest BCUT2D eigenvalue weighted by atomic mass is 9.74. The van der Waals surface area contributed by atoms with E-state index in [2.05, 4.69) is 5.32 Å². The predicted molar refractivity (Wildman–Crippen MR) is 82.5 cm³/mol. The van der Waals surface area contributed by atoms with Crippen LogP contribution in [-0.4, -0.2) is 17.4 Å². The molecule has 2 rings (SSSR count). The van der Waals surface area contributed by atoms with E-state index in [0.29, 0.717) is 0 Å². The minimum absolute atomic E-state index is 0.0256. The minimum atomic E-state index is -0.436. The van der Waals surface area contributed by atoms with Crippen LogP contribution in [0.5, 0.6) is 0 Å². The van der Waals surface area contributed by atoms with Crippen molar-refractivity contribution in [3.63, 3.8) is 0 Å². The van der Waals surface area contributed by atoms with E-state index in [-0.39, 0.29) is 24.2 Å². The Morgan fingerprint density at radius 1 is 1.29 bits per heavy atom. The number of rotatable bonds is 4. The van der Waals surface area contributed by atoms with Crippen molar-refractivity contribution < 1.29 is 9.59 Å². The molecule has 1 aromatic carbocycles. The lowest BCUT2D eigenvalue weighted by molar-refractivity contribution is -0.123. The third kappa shape index (κ3) is 4.04. The molecule has 0 aliphatic heterocycles. The normalized spacial score (nSPS) is 25.3. The van der Waals surface area contributed by atoms with Gasteiger partial charge in [-0.25, -0.2) is 0 Å². The van der Waals surface area contributed by atoms with E-state index in [0.717, 1.165) is 36.9 Å². The zero-order valence-electron chi connectivity index (χ0n) is 12.4. The molecule has 2 atom stereocenters. The van der Waals surface area contributed by atoms with Crippen molar-refractivity contribution in [3.05, 3.63) is 29.8 Å². The summed E-state index contributed by atoms with van der Waals surface area (Å²) in [6, 6.07) is 7.16. The maximum atomic E-state index is 12.4. The minimum Gasteiger partial charge on any atom is -0.369 e. The molecule has 5 heteroatoms. The summed E-state index contributed by atoms with van der Waals surface area (Å²) in [4.78, 5) is 23.2. The van der Waals surface area contributed by atoms with Gasteiger partial charge in [-0.15, -0.1) is 0 Å². The largest absolute Gasteiger partial charge is 0.369 e. The Morgan fingerprint density at radius 3 is 2.52 bits per heavy atom. The summed E-state index contributed by atoms with van der Waals surface area (Å²) in [5.41, 5.74) is 12.5. The van der Waals surface area contributed by atoms with Gasteiger partial charge in [0, 0.05) is 11.2 Å². The van der Waals surface area contributed by atoms with Gasteiger partial charge in [0.2, 0.25) is 11.8 Å². The van der Waals surface area contributed by atoms with Gasteiger partial charge in [-0.1, -0.05) is 25.0 Å². The van der Waals surface area contributed by atoms with Crippen LogP contribution in [0, 0.1) is 5.92 Å². The maximum absolute atomic E-state index is 12.4. The van der Waals surface area contributed by atoms with Crippen molar-refractivity contribution in [1.29, 1.82) is 0 Å². The second-order valence-corrected chi connectivity index (χ2v) is 6.13. The van der Waals surface area contributed by atoms with Crippen LogP contribution in [-0.2, 0) is 16.0 Å². The van der Waals surface area contributed by atoms with E-state index < -0.39 is 5.54 Å². The first-order valence-corrected chi connectivity index (χ1v) is 7.35. The Balaban J connectivity index is 2.00. The van der Waals surface area contributed by atoms with Crippen molar-refractivity contribution in [2.45, 2.75) is 44.6 Å². The molecule has 5 N–H and O–H groups in total. The Labute approximate surface area is 125 Å². The van der Waals surface area contributed by atoms with Gasteiger partial charge in [0.15, 0.2) is 0 Å². The number of nitrogens with two attached hydrogens (primary N) is 2. The summed E-state index contributed by atoms with van der Waals surface area (Å²) in [6.07, 6.45) is 4.04. The van der Waals surface area contributed by atoms with Crippen LogP contribution in [0.1, 0.15) is 38.2 Å². The molecule has 1 saturated carbocycles. The topological polar surface area (TPSA) is 98.2 Å². The van der Waals surface area contributed by atoms with Crippen LogP contribution < -0.4 is 16.8 Å². The highest BCUT2D eigenvalue weighted by Crippen LogP contribution is 2.32. The van der Waals surface area contributed by atoms with E-state index in [1.807, 2.05) is 6.92 Å². The fourth-order valence-corrected chi connectivity index (χ4v) is 2.93.